The van der Waals surface area contributed by atoms with Crippen molar-refractivity contribution in [2.45, 2.75) is 38.4 Å². The molecule has 1 atom stereocenters. The first kappa shape index (κ1) is 23.2. The van der Waals surface area contributed by atoms with Crippen LogP contribution in [0.3, 0.4) is 0 Å². The average Bonchev–Trinajstić information content (AvgIpc) is 3.59. The van der Waals surface area contributed by atoms with E-state index < -0.39 is 23.6 Å². The van der Waals surface area contributed by atoms with Gasteiger partial charge < -0.3 is 24.1 Å². The molecule has 3 aromatic rings. The molecule has 184 valence electrons. The SMILES string of the molecule is CNC(=O)c1cc(F)c(-c2nc3cc(C)ccn3c2C[C@H]2CN(C(=O)OC3CC3)CCO2)c(F)c1. The third-order valence-corrected chi connectivity index (χ3v) is 6.26. The summed E-state index contributed by atoms with van der Waals surface area (Å²) in [5, 5.41) is 2.37. The highest BCUT2D eigenvalue weighted by atomic mass is 19.1. The fourth-order valence-corrected chi connectivity index (χ4v) is 4.29. The molecule has 0 bridgehead atoms. The molecule has 8 nitrogen and oxygen atoms in total. The van der Waals surface area contributed by atoms with Crippen LogP contribution < -0.4 is 5.32 Å². The van der Waals surface area contributed by atoms with Gasteiger partial charge in [0.2, 0.25) is 0 Å². The summed E-state index contributed by atoms with van der Waals surface area (Å²) in [5.74, 6) is -2.36. The van der Waals surface area contributed by atoms with Gasteiger partial charge in [-0.3, -0.25) is 4.79 Å². The molecule has 1 N–H and O–H groups in total. The highest BCUT2D eigenvalue weighted by Gasteiger charge is 2.32. The molecular formula is C25H26F2N4O4. The lowest BCUT2D eigenvalue weighted by atomic mass is 10.0. The lowest BCUT2D eigenvalue weighted by Gasteiger charge is -2.32. The summed E-state index contributed by atoms with van der Waals surface area (Å²) in [7, 11) is 1.39. The number of carbonyl (C=O) groups is 2. The van der Waals surface area contributed by atoms with Crippen molar-refractivity contribution in [1.82, 2.24) is 19.6 Å². The van der Waals surface area contributed by atoms with Crippen molar-refractivity contribution in [2.75, 3.05) is 26.7 Å². The van der Waals surface area contributed by atoms with Crippen LogP contribution in [0.2, 0.25) is 0 Å². The second-order valence-corrected chi connectivity index (χ2v) is 8.96. The van der Waals surface area contributed by atoms with Gasteiger partial charge in [-0.2, -0.15) is 0 Å². The smallest absolute Gasteiger partial charge is 0.410 e. The molecule has 1 saturated carbocycles. The molecule has 35 heavy (non-hydrogen) atoms. The number of pyridine rings is 1. The van der Waals surface area contributed by atoms with Gasteiger partial charge in [0.25, 0.3) is 5.91 Å². The van der Waals surface area contributed by atoms with Crippen molar-refractivity contribution in [3.05, 3.63) is 58.9 Å². The minimum Gasteiger partial charge on any atom is -0.446 e. The van der Waals surface area contributed by atoms with E-state index in [1.54, 1.807) is 15.5 Å². The number of aryl methyl sites for hydroxylation is 1. The average molecular weight is 485 g/mol. The molecule has 5 rings (SSSR count). The summed E-state index contributed by atoms with van der Waals surface area (Å²) in [6.45, 7) is 2.95. The molecule has 2 amide bonds. The number of nitrogens with zero attached hydrogens (tertiary/aromatic N) is 3. The first-order valence-corrected chi connectivity index (χ1v) is 11.6. The fourth-order valence-electron chi connectivity index (χ4n) is 4.29. The largest absolute Gasteiger partial charge is 0.446 e. The zero-order chi connectivity index (χ0) is 24.7. The number of hydrogen-bond acceptors (Lipinski definition) is 5. The van der Waals surface area contributed by atoms with E-state index in [0.29, 0.717) is 31.0 Å². The minimum absolute atomic E-state index is 0.00104. The molecule has 1 saturated heterocycles. The van der Waals surface area contributed by atoms with Gasteiger partial charge in [0.05, 0.1) is 36.2 Å². The number of halogens is 2. The van der Waals surface area contributed by atoms with Crippen LogP contribution in [0.1, 0.15) is 34.5 Å². The van der Waals surface area contributed by atoms with Crippen LogP contribution in [0, 0.1) is 18.6 Å². The van der Waals surface area contributed by atoms with Crippen LogP contribution in [-0.4, -0.2) is 65.2 Å². The summed E-state index contributed by atoms with van der Waals surface area (Å²) in [6, 6.07) is 5.71. The Morgan fingerprint density at radius 1 is 1.23 bits per heavy atom. The molecule has 1 aliphatic carbocycles. The summed E-state index contributed by atoms with van der Waals surface area (Å²) in [4.78, 5) is 30.5. The number of amides is 2. The number of carbonyl (C=O) groups excluding carboxylic acids is 2. The van der Waals surface area contributed by atoms with Gasteiger partial charge in [0.15, 0.2) is 0 Å². The van der Waals surface area contributed by atoms with E-state index in [9.17, 15) is 9.59 Å². The van der Waals surface area contributed by atoms with Crippen LogP contribution in [0.25, 0.3) is 16.9 Å². The van der Waals surface area contributed by atoms with E-state index in [1.165, 1.54) is 7.05 Å². The Labute approximate surface area is 200 Å². The standard InChI is InChI=1S/C25H26F2N4O4/c1-14-5-6-31-20(12-17-13-30(7-8-34-17)25(33)35-16-3-4-16)23(29-21(31)9-14)22-18(26)10-15(11-19(22)27)24(32)28-2/h5-6,9-11,16-17H,3-4,7-8,12-13H2,1-2H3,(H,28,32)/t17-/m0/s1. The van der Waals surface area contributed by atoms with Crippen LogP contribution in [0.5, 0.6) is 0 Å². The third-order valence-electron chi connectivity index (χ3n) is 6.26. The van der Waals surface area contributed by atoms with E-state index in [0.717, 1.165) is 30.5 Å². The summed E-state index contributed by atoms with van der Waals surface area (Å²) >= 11 is 0. The Kier molecular flexibility index (Phi) is 6.14. The van der Waals surface area contributed by atoms with Crippen LogP contribution >= 0.6 is 0 Å². The van der Waals surface area contributed by atoms with Gasteiger partial charge >= 0.3 is 6.09 Å². The Morgan fingerprint density at radius 3 is 2.66 bits per heavy atom. The maximum atomic E-state index is 15.2. The lowest BCUT2D eigenvalue weighted by molar-refractivity contribution is -0.0279. The second-order valence-electron chi connectivity index (χ2n) is 8.96. The first-order valence-electron chi connectivity index (χ1n) is 11.6. The van der Waals surface area contributed by atoms with Gasteiger partial charge in [-0.05, 0) is 49.6 Å². The van der Waals surface area contributed by atoms with E-state index in [4.69, 9.17) is 9.47 Å². The Balaban J connectivity index is 1.51. The van der Waals surface area contributed by atoms with Gasteiger partial charge in [0.1, 0.15) is 23.4 Å². The predicted octanol–water partition coefficient (Wildman–Crippen LogP) is 3.49. The predicted molar refractivity (Wildman–Crippen MR) is 123 cm³/mol. The van der Waals surface area contributed by atoms with Crippen molar-refractivity contribution in [3.8, 4) is 11.3 Å². The summed E-state index contributed by atoms with van der Waals surface area (Å²) in [5.41, 5.74) is 1.73. The van der Waals surface area contributed by atoms with Gasteiger partial charge in [-0.15, -0.1) is 0 Å². The van der Waals surface area contributed by atoms with Crippen LogP contribution in [0.4, 0.5) is 13.6 Å². The summed E-state index contributed by atoms with van der Waals surface area (Å²) < 4.78 is 43.5. The van der Waals surface area contributed by atoms with Gasteiger partial charge in [-0.1, -0.05) is 0 Å². The molecule has 2 fully saturated rings. The van der Waals surface area contributed by atoms with Crippen LogP contribution in [-0.2, 0) is 15.9 Å². The Morgan fingerprint density at radius 2 is 1.97 bits per heavy atom. The van der Waals surface area contributed by atoms with Crippen molar-refractivity contribution in [1.29, 1.82) is 0 Å². The maximum Gasteiger partial charge on any atom is 0.410 e. The topological polar surface area (TPSA) is 85.2 Å². The third kappa shape index (κ3) is 4.70. The number of nitrogens with one attached hydrogen (secondary N) is 1. The molecule has 1 aliphatic heterocycles. The molecule has 2 aromatic heterocycles. The van der Waals surface area contributed by atoms with E-state index in [-0.39, 0.29) is 35.4 Å². The molecule has 0 radical (unpaired) electrons. The molecular weight excluding hydrogens is 458 g/mol. The van der Waals surface area contributed by atoms with Crippen molar-refractivity contribution in [2.24, 2.45) is 0 Å². The number of benzene rings is 1. The monoisotopic (exact) mass is 484 g/mol. The molecule has 0 unspecified atom stereocenters. The van der Waals surface area contributed by atoms with Crippen molar-refractivity contribution in [3.63, 3.8) is 0 Å². The Hall–Kier alpha value is -3.53. The number of hydrogen-bond donors (Lipinski definition) is 1. The highest BCUT2D eigenvalue weighted by molar-refractivity contribution is 5.94. The fraction of sp³-hybridized carbons (Fsp3) is 0.400. The van der Waals surface area contributed by atoms with Crippen LogP contribution in [0.15, 0.2) is 30.5 Å². The van der Waals surface area contributed by atoms with Gasteiger partial charge in [0, 0.05) is 31.8 Å². The number of aromatic nitrogens is 2. The summed E-state index contributed by atoms with van der Waals surface area (Å²) in [6.07, 6.45) is 3.07. The minimum atomic E-state index is -0.885. The molecule has 3 heterocycles. The lowest BCUT2D eigenvalue weighted by Crippen LogP contribution is -2.46. The van der Waals surface area contributed by atoms with E-state index in [2.05, 4.69) is 10.3 Å². The zero-order valence-electron chi connectivity index (χ0n) is 19.5. The Bertz CT molecular complexity index is 1280. The first-order chi connectivity index (χ1) is 16.8. The molecule has 1 aromatic carbocycles. The van der Waals surface area contributed by atoms with E-state index in [1.807, 2.05) is 19.1 Å². The molecule has 2 aliphatic rings. The quantitative estimate of drug-likeness (QED) is 0.599. The number of ether oxygens (including phenoxy) is 2. The van der Waals surface area contributed by atoms with E-state index >= 15 is 8.78 Å². The molecule has 10 heteroatoms. The number of fused-ring (bicyclic) bond motifs is 1. The second kappa shape index (κ2) is 9.26. The maximum absolute atomic E-state index is 15.2. The normalized spacial score (nSPS) is 18.1. The number of rotatable bonds is 5. The zero-order valence-corrected chi connectivity index (χ0v) is 19.5. The van der Waals surface area contributed by atoms with Crippen molar-refractivity contribution < 1.29 is 27.8 Å². The van der Waals surface area contributed by atoms with Gasteiger partial charge in [-0.25, -0.2) is 18.6 Å². The van der Waals surface area contributed by atoms with Crippen molar-refractivity contribution >= 4 is 17.6 Å². The highest BCUT2D eigenvalue weighted by Crippen LogP contribution is 2.32. The molecule has 0 spiro atoms. The number of morpholine rings is 1. The number of imidazole rings is 1.